The Morgan fingerprint density at radius 2 is 2.00 bits per heavy atom. The summed E-state index contributed by atoms with van der Waals surface area (Å²) in [6, 6.07) is 17.5. The maximum Gasteiger partial charge on any atom is 0.255 e. The van der Waals surface area contributed by atoms with Crippen LogP contribution in [0.2, 0.25) is 0 Å². The number of fused-ring (bicyclic) bond motifs is 1. The molecule has 1 amide bonds. The molecule has 1 fully saturated rings. The highest BCUT2D eigenvalue weighted by Crippen LogP contribution is 2.27. The first-order valence-electron chi connectivity index (χ1n) is 8.27. The van der Waals surface area contributed by atoms with E-state index in [9.17, 15) is 4.79 Å². The van der Waals surface area contributed by atoms with Crippen LogP contribution in [-0.4, -0.2) is 24.0 Å². The van der Waals surface area contributed by atoms with Crippen molar-refractivity contribution in [2.75, 3.05) is 18.4 Å². The summed E-state index contributed by atoms with van der Waals surface area (Å²) in [5.41, 5.74) is 3.55. The van der Waals surface area contributed by atoms with Gasteiger partial charge in [-0.15, -0.1) is 0 Å². The molecule has 1 aromatic heterocycles. The SMILES string of the molecule is O=C(Nc1cccc2ncccc12)c1ccccc1C1CCNC1. The molecule has 4 nitrogen and oxygen atoms in total. The molecule has 2 aromatic carbocycles. The van der Waals surface area contributed by atoms with Gasteiger partial charge in [-0.1, -0.05) is 24.3 Å². The van der Waals surface area contributed by atoms with E-state index in [0.29, 0.717) is 5.92 Å². The van der Waals surface area contributed by atoms with Gasteiger partial charge in [-0.25, -0.2) is 0 Å². The number of aromatic nitrogens is 1. The Morgan fingerprint density at radius 1 is 1.08 bits per heavy atom. The molecule has 1 aliphatic heterocycles. The summed E-state index contributed by atoms with van der Waals surface area (Å²) in [6.07, 6.45) is 2.83. The van der Waals surface area contributed by atoms with Gasteiger partial charge in [0.15, 0.2) is 0 Å². The molecule has 2 heterocycles. The first kappa shape index (κ1) is 14.8. The predicted octanol–water partition coefficient (Wildman–Crippen LogP) is 3.56. The van der Waals surface area contributed by atoms with Gasteiger partial charge in [0.2, 0.25) is 0 Å². The maximum absolute atomic E-state index is 12.9. The van der Waals surface area contributed by atoms with Gasteiger partial charge in [-0.05, 0) is 54.8 Å². The van der Waals surface area contributed by atoms with Crippen molar-refractivity contribution in [3.63, 3.8) is 0 Å². The van der Waals surface area contributed by atoms with E-state index in [2.05, 4.69) is 21.7 Å². The van der Waals surface area contributed by atoms with E-state index in [0.717, 1.165) is 47.2 Å². The third kappa shape index (κ3) is 2.76. The van der Waals surface area contributed by atoms with Gasteiger partial charge in [0.05, 0.1) is 11.2 Å². The zero-order valence-corrected chi connectivity index (χ0v) is 13.3. The Hall–Kier alpha value is -2.72. The van der Waals surface area contributed by atoms with Crippen molar-refractivity contribution in [2.24, 2.45) is 0 Å². The lowest BCUT2D eigenvalue weighted by Crippen LogP contribution is -2.17. The second-order valence-electron chi connectivity index (χ2n) is 6.11. The summed E-state index contributed by atoms with van der Waals surface area (Å²) in [4.78, 5) is 17.2. The number of rotatable bonds is 3. The van der Waals surface area contributed by atoms with Crippen LogP contribution in [0.4, 0.5) is 5.69 Å². The summed E-state index contributed by atoms with van der Waals surface area (Å²) in [6.45, 7) is 1.94. The first-order chi connectivity index (χ1) is 11.8. The summed E-state index contributed by atoms with van der Waals surface area (Å²) in [5, 5.41) is 7.39. The molecule has 0 bridgehead atoms. The fraction of sp³-hybridized carbons (Fsp3) is 0.200. The highest BCUT2D eigenvalue weighted by atomic mass is 16.1. The van der Waals surface area contributed by atoms with Gasteiger partial charge in [-0.3, -0.25) is 9.78 Å². The third-order valence-corrected chi connectivity index (χ3v) is 4.60. The van der Waals surface area contributed by atoms with E-state index < -0.39 is 0 Å². The van der Waals surface area contributed by atoms with Crippen molar-refractivity contribution in [3.8, 4) is 0 Å². The van der Waals surface area contributed by atoms with E-state index >= 15 is 0 Å². The van der Waals surface area contributed by atoms with Gasteiger partial charge >= 0.3 is 0 Å². The van der Waals surface area contributed by atoms with Crippen molar-refractivity contribution >= 4 is 22.5 Å². The number of carbonyl (C=O) groups is 1. The molecule has 0 aliphatic carbocycles. The number of anilines is 1. The van der Waals surface area contributed by atoms with Crippen LogP contribution in [0.3, 0.4) is 0 Å². The molecule has 120 valence electrons. The molecule has 4 rings (SSSR count). The molecule has 1 aliphatic rings. The molecule has 1 saturated heterocycles. The third-order valence-electron chi connectivity index (χ3n) is 4.60. The average Bonchev–Trinajstić information content (AvgIpc) is 3.16. The van der Waals surface area contributed by atoms with Gasteiger partial charge < -0.3 is 10.6 Å². The Balaban J connectivity index is 1.67. The zero-order valence-electron chi connectivity index (χ0n) is 13.3. The Morgan fingerprint density at radius 3 is 2.88 bits per heavy atom. The molecular formula is C20H19N3O. The van der Waals surface area contributed by atoms with Crippen LogP contribution in [0, 0.1) is 0 Å². The van der Waals surface area contributed by atoms with Gasteiger partial charge in [0, 0.05) is 23.7 Å². The highest BCUT2D eigenvalue weighted by molar-refractivity contribution is 6.09. The molecule has 2 N–H and O–H groups in total. The van der Waals surface area contributed by atoms with E-state index in [1.165, 1.54) is 0 Å². The number of amides is 1. The van der Waals surface area contributed by atoms with Gasteiger partial charge in [0.25, 0.3) is 5.91 Å². The molecule has 0 spiro atoms. The Bertz CT molecular complexity index is 879. The van der Waals surface area contributed by atoms with E-state index in [1.807, 2.05) is 48.5 Å². The summed E-state index contributed by atoms with van der Waals surface area (Å²) >= 11 is 0. The number of hydrogen-bond donors (Lipinski definition) is 2. The molecule has 1 atom stereocenters. The normalized spacial score (nSPS) is 17.1. The zero-order chi connectivity index (χ0) is 16.4. The minimum atomic E-state index is -0.0612. The number of hydrogen-bond acceptors (Lipinski definition) is 3. The lowest BCUT2D eigenvalue weighted by atomic mass is 9.93. The van der Waals surface area contributed by atoms with Crippen LogP contribution in [0.5, 0.6) is 0 Å². The lowest BCUT2D eigenvalue weighted by molar-refractivity contribution is 0.102. The number of nitrogens with one attached hydrogen (secondary N) is 2. The Labute approximate surface area is 140 Å². The molecule has 1 unspecified atom stereocenters. The summed E-state index contributed by atoms with van der Waals surface area (Å²) < 4.78 is 0. The minimum absolute atomic E-state index is 0.0612. The number of pyridine rings is 1. The minimum Gasteiger partial charge on any atom is -0.321 e. The second-order valence-corrected chi connectivity index (χ2v) is 6.11. The van der Waals surface area contributed by atoms with Crippen molar-refractivity contribution < 1.29 is 4.79 Å². The largest absolute Gasteiger partial charge is 0.321 e. The Kier molecular flexibility index (Phi) is 3.97. The van der Waals surface area contributed by atoms with Crippen LogP contribution in [0.1, 0.15) is 28.3 Å². The van der Waals surface area contributed by atoms with E-state index in [-0.39, 0.29) is 5.91 Å². The molecule has 24 heavy (non-hydrogen) atoms. The molecular weight excluding hydrogens is 298 g/mol. The van der Waals surface area contributed by atoms with Gasteiger partial charge in [0.1, 0.15) is 0 Å². The van der Waals surface area contributed by atoms with Gasteiger partial charge in [-0.2, -0.15) is 0 Å². The van der Waals surface area contributed by atoms with E-state index in [1.54, 1.807) is 6.20 Å². The summed E-state index contributed by atoms with van der Waals surface area (Å²) in [5.74, 6) is 0.343. The van der Waals surface area contributed by atoms with E-state index in [4.69, 9.17) is 0 Å². The standard InChI is InChI=1S/C20H19N3O/c24-20(16-6-2-1-5-15(16)14-10-12-21-13-14)23-19-9-3-8-18-17(19)7-4-11-22-18/h1-9,11,14,21H,10,12-13H2,(H,23,24). The number of carbonyl (C=O) groups excluding carboxylic acids is 1. The predicted molar refractivity (Wildman–Crippen MR) is 96.4 cm³/mol. The fourth-order valence-corrected chi connectivity index (χ4v) is 3.38. The second kappa shape index (κ2) is 6.42. The van der Waals surface area contributed by atoms with Crippen LogP contribution < -0.4 is 10.6 Å². The quantitative estimate of drug-likeness (QED) is 0.776. The van der Waals surface area contributed by atoms with Crippen molar-refractivity contribution in [1.29, 1.82) is 0 Å². The lowest BCUT2D eigenvalue weighted by Gasteiger charge is -2.15. The van der Waals surface area contributed by atoms with Crippen molar-refractivity contribution in [2.45, 2.75) is 12.3 Å². The maximum atomic E-state index is 12.9. The molecule has 0 saturated carbocycles. The molecule has 4 heteroatoms. The number of nitrogens with zero attached hydrogens (tertiary/aromatic N) is 1. The van der Waals surface area contributed by atoms with Crippen molar-refractivity contribution in [3.05, 3.63) is 71.9 Å². The van der Waals surface area contributed by atoms with Crippen LogP contribution in [0.25, 0.3) is 10.9 Å². The molecule has 3 aromatic rings. The average molecular weight is 317 g/mol. The van der Waals surface area contributed by atoms with Crippen molar-refractivity contribution in [1.82, 2.24) is 10.3 Å². The van der Waals surface area contributed by atoms with Crippen LogP contribution >= 0.6 is 0 Å². The highest BCUT2D eigenvalue weighted by Gasteiger charge is 2.22. The molecule has 0 radical (unpaired) electrons. The monoisotopic (exact) mass is 317 g/mol. The first-order valence-corrected chi connectivity index (χ1v) is 8.27. The fourth-order valence-electron chi connectivity index (χ4n) is 3.38. The smallest absolute Gasteiger partial charge is 0.255 e. The topological polar surface area (TPSA) is 54.0 Å². The summed E-state index contributed by atoms with van der Waals surface area (Å²) in [7, 11) is 0. The van der Waals surface area contributed by atoms with Crippen LogP contribution in [-0.2, 0) is 0 Å². The van der Waals surface area contributed by atoms with Crippen LogP contribution in [0.15, 0.2) is 60.8 Å². The number of benzene rings is 2.